The molecule has 1 aromatic heterocycles. The molecule has 2 heterocycles. The molecular weight excluding hydrogens is 469 g/mol. The minimum absolute atomic E-state index is 0.0465. The predicted octanol–water partition coefficient (Wildman–Crippen LogP) is 5.49. The van der Waals surface area contributed by atoms with E-state index in [1.165, 1.54) is 5.56 Å². The minimum Gasteiger partial charge on any atom is -0.381 e. The fraction of sp³-hybridized carbons (Fsp3) is 0.368. The standard InChI is InChI=1S/C19H20BrCl2N3OS/c1-12-15(22)10-23-17(16(12)20)25-18(27)24-11-19(6-8-26-9-7-19)13-2-4-14(21)5-3-13/h2-5,10H,6-9,11H2,1H3,(H2,23,24,25,27). The number of ether oxygens (including phenoxy) is 1. The fourth-order valence-electron chi connectivity index (χ4n) is 3.18. The average molecular weight is 489 g/mol. The topological polar surface area (TPSA) is 46.2 Å². The molecule has 1 fully saturated rings. The first-order valence-electron chi connectivity index (χ1n) is 8.60. The fourth-order valence-corrected chi connectivity index (χ4v) is 4.15. The first kappa shape index (κ1) is 20.8. The van der Waals surface area contributed by atoms with Crippen molar-refractivity contribution in [2.75, 3.05) is 25.1 Å². The number of halogens is 3. The van der Waals surface area contributed by atoms with Crippen molar-refractivity contribution < 1.29 is 4.74 Å². The summed E-state index contributed by atoms with van der Waals surface area (Å²) in [6.07, 6.45) is 3.46. The average Bonchev–Trinajstić information content (AvgIpc) is 2.68. The van der Waals surface area contributed by atoms with E-state index in [0.29, 0.717) is 22.5 Å². The molecule has 4 nitrogen and oxygen atoms in total. The number of anilines is 1. The maximum Gasteiger partial charge on any atom is 0.172 e. The highest BCUT2D eigenvalue weighted by atomic mass is 79.9. The van der Waals surface area contributed by atoms with Gasteiger partial charge >= 0.3 is 0 Å². The Labute approximate surface area is 183 Å². The van der Waals surface area contributed by atoms with E-state index in [1.807, 2.05) is 19.1 Å². The van der Waals surface area contributed by atoms with Gasteiger partial charge in [0.15, 0.2) is 5.11 Å². The van der Waals surface area contributed by atoms with Gasteiger partial charge in [-0.05, 0) is 71.2 Å². The lowest BCUT2D eigenvalue weighted by Crippen LogP contribution is -2.45. The van der Waals surface area contributed by atoms with Gasteiger partial charge in [0.2, 0.25) is 0 Å². The van der Waals surface area contributed by atoms with Gasteiger partial charge in [0.1, 0.15) is 5.82 Å². The van der Waals surface area contributed by atoms with E-state index in [1.54, 1.807) is 6.20 Å². The van der Waals surface area contributed by atoms with Crippen molar-refractivity contribution in [3.63, 3.8) is 0 Å². The van der Waals surface area contributed by atoms with Gasteiger partial charge in [-0.1, -0.05) is 35.3 Å². The first-order chi connectivity index (χ1) is 12.9. The molecule has 0 bridgehead atoms. The van der Waals surface area contributed by atoms with Crippen LogP contribution >= 0.6 is 51.3 Å². The van der Waals surface area contributed by atoms with E-state index in [-0.39, 0.29) is 5.41 Å². The van der Waals surface area contributed by atoms with Crippen LogP contribution in [0, 0.1) is 6.92 Å². The maximum atomic E-state index is 6.09. The summed E-state index contributed by atoms with van der Waals surface area (Å²) < 4.78 is 6.38. The highest BCUT2D eigenvalue weighted by Crippen LogP contribution is 2.35. The van der Waals surface area contributed by atoms with Crippen LogP contribution in [0.1, 0.15) is 24.0 Å². The van der Waals surface area contributed by atoms with Gasteiger partial charge in [0.05, 0.1) is 9.50 Å². The molecular formula is C19H20BrCl2N3OS. The third-order valence-electron chi connectivity index (χ3n) is 4.93. The normalized spacial score (nSPS) is 16.0. The van der Waals surface area contributed by atoms with Gasteiger partial charge in [-0.3, -0.25) is 0 Å². The lowest BCUT2D eigenvalue weighted by molar-refractivity contribution is 0.0515. The monoisotopic (exact) mass is 487 g/mol. The number of nitrogens with zero attached hydrogens (tertiary/aromatic N) is 1. The zero-order valence-corrected chi connectivity index (χ0v) is 18.7. The van der Waals surface area contributed by atoms with Gasteiger partial charge in [-0.15, -0.1) is 0 Å². The molecule has 0 atom stereocenters. The Morgan fingerprint density at radius 1 is 1.26 bits per heavy atom. The predicted molar refractivity (Wildman–Crippen MR) is 119 cm³/mol. The molecule has 0 radical (unpaired) electrons. The molecule has 1 aliphatic heterocycles. The SMILES string of the molecule is Cc1c(Cl)cnc(NC(=S)NCC2(c3ccc(Cl)cc3)CCOCC2)c1Br. The lowest BCUT2D eigenvalue weighted by atomic mass is 9.74. The summed E-state index contributed by atoms with van der Waals surface area (Å²) in [5.41, 5.74) is 2.11. The zero-order valence-electron chi connectivity index (χ0n) is 14.8. The molecule has 1 aromatic carbocycles. The Hall–Kier alpha value is -0.920. The van der Waals surface area contributed by atoms with Crippen LogP contribution in [0.15, 0.2) is 34.9 Å². The number of aromatic nitrogens is 1. The van der Waals surface area contributed by atoms with E-state index in [4.69, 9.17) is 40.2 Å². The van der Waals surface area contributed by atoms with Crippen LogP contribution in [-0.2, 0) is 10.2 Å². The van der Waals surface area contributed by atoms with E-state index in [2.05, 4.69) is 43.7 Å². The largest absolute Gasteiger partial charge is 0.381 e. The third kappa shape index (κ3) is 4.93. The Morgan fingerprint density at radius 2 is 1.93 bits per heavy atom. The van der Waals surface area contributed by atoms with Gasteiger partial charge in [0, 0.05) is 36.4 Å². The molecule has 0 unspecified atom stereocenters. The van der Waals surface area contributed by atoms with Gasteiger partial charge in [-0.2, -0.15) is 0 Å². The van der Waals surface area contributed by atoms with E-state index < -0.39 is 0 Å². The molecule has 2 aromatic rings. The van der Waals surface area contributed by atoms with Crippen molar-refractivity contribution in [3.05, 3.63) is 56.1 Å². The highest BCUT2D eigenvalue weighted by Gasteiger charge is 2.34. The molecule has 0 amide bonds. The van der Waals surface area contributed by atoms with Crippen molar-refractivity contribution in [1.29, 1.82) is 0 Å². The summed E-state index contributed by atoms with van der Waals surface area (Å²) in [7, 11) is 0. The maximum absolute atomic E-state index is 6.09. The smallest absolute Gasteiger partial charge is 0.172 e. The molecule has 0 aliphatic carbocycles. The number of rotatable bonds is 4. The molecule has 1 aliphatic rings. The Bertz CT molecular complexity index is 826. The van der Waals surface area contributed by atoms with Crippen molar-refractivity contribution in [3.8, 4) is 0 Å². The van der Waals surface area contributed by atoms with E-state index in [0.717, 1.165) is 41.1 Å². The Balaban J connectivity index is 1.71. The summed E-state index contributed by atoms with van der Waals surface area (Å²) in [5.74, 6) is 0.641. The molecule has 1 saturated heterocycles. The Morgan fingerprint density at radius 3 is 2.59 bits per heavy atom. The Kier molecular flexibility index (Phi) is 6.98. The summed E-state index contributed by atoms with van der Waals surface area (Å²) in [4.78, 5) is 4.31. The van der Waals surface area contributed by atoms with Gasteiger partial charge in [-0.25, -0.2) is 4.98 Å². The number of benzene rings is 1. The molecule has 3 rings (SSSR count). The second-order valence-corrected chi connectivity index (χ2v) is 8.65. The van der Waals surface area contributed by atoms with Crippen LogP contribution in [0.3, 0.4) is 0 Å². The molecule has 8 heteroatoms. The van der Waals surface area contributed by atoms with Crippen LogP contribution in [0.4, 0.5) is 5.82 Å². The second kappa shape index (κ2) is 9.05. The quantitative estimate of drug-likeness (QED) is 0.557. The van der Waals surface area contributed by atoms with Crippen molar-refractivity contribution in [1.82, 2.24) is 10.3 Å². The third-order valence-corrected chi connectivity index (χ3v) is 6.78. The first-order valence-corrected chi connectivity index (χ1v) is 10.6. The highest BCUT2D eigenvalue weighted by molar-refractivity contribution is 9.10. The van der Waals surface area contributed by atoms with Crippen LogP contribution < -0.4 is 10.6 Å². The summed E-state index contributed by atoms with van der Waals surface area (Å²) >= 11 is 21.2. The number of nitrogens with one attached hydrogen (secondary N) is 2. The summed E-state index contributed by atoms with van der Waals surface area (Å²) in [5, 5.41) is 8.36. The van der Waals surface area contributed by atoms with Crippen molar-refractivity contribution in [2.45, 2.75) is 25.2 Å². The summed E-state index contributed by atoms with van der Waals surface area (Å²) in [6, 6.07) is 8.05. The van der Waals surface area contributed by atoms with E-state index in [9.17, 15) is 0 Å². The number of thiocarbonyl (C=S) groups is 1. The lowest BCUT2D eigenvalue weighted by Gasteiger charge is -2.38. The molecule has 2 N–H and O–H groups in total. The molecule has 144 valence electrons. The second-order valence-electron chi connectivity index (χ2n) is 6.60. The molecule has 0 saturated carbocycles. The number of pyridine rings is 1. The van der Waals surface area contributed by atoms with Crippen molar-refractivity contribution >= 4 is 62.3 Å². The molecule has 0 spiro atoms. The minimum atomic E-state index is -0.0465. The van der Waals surface area contributed by atoms with Crippen LogP contribution in [-0.4, -0.2) is 29.9 Å². The van der Waals surface area contributed by atoms with Crippen LogP contribution in [0.2, 0.25) is 10.0 Å². The summed E-state index contributed by atoms with van der Waals surface area (Å²) in [6.45, 7) is 4.09. The van der Waals surface area contributed by atoms with Gasteiger partial charge in [0.25, 0.3) is 0 Å². The van der Waals surface area contributed by atoms with Crippen LogP contribution in [0.25, 0.3) is 0 Å². The number of hydrogen-bond donors (Lipinski definition) is 2. The molecule has 27 heavy (non-hydrogen) atoms. The number of hydrogen-bond acceptors (Lipinski definition) is 3. The van der Waals surface area contributed by atoms with Crippen molar-refractivity contribution in [2.24, 2.45) is 0 Å². The van der Waals surface area contributed by atoms with Crippen LogP contribution in [0.5, 0.6) is 0 Å². The van der Waals surface area contributed by atoms with E-state index >= 15 is 0 Å². The zero-order chi connectivity index (χ0) is 19.4. The van der Waals surface area contributed by atoms with Gasteiger partial charge < -0.3 is 15.4 Å².